The Kier molecular flexibility index (Phi) is 4.24. The summed E-state index contributed by atoms with van der Waals surface area (Å²) in [5.41, 5.74) is 0.375. The monoisotopic (exact) mass is 370 g/mol. The van der Waals surface area contributed by atoms with E-state index >= 15 is 0 Å². The number of rotatable bonds is 0. The van der Waals surface area contributed by atoms with E-state index in [0.29, 0.717) is 35.1 Å². The van der Waals surface area contributed by atoms with Gasteiger partial charge in [-0.2, -0.15) is 0 Å². The first-order chi connectivity index (χ1) is 13.3. The highest BCUT2D eigenvalue weighted by atomic mass is 16.1. The van der Waals surface area contributed by atoms with Gasteiger partial charge in [0.1, 0.15) is 5.78 Å². The molecule has 4 saturated carbocycles. The minimum atomic E-state index is 0.322. The molecular formula is C24H38N2O. The smallest absolute Gasteiger partial charge is 0.142 e. The van der Waals surface area contributed by atoms with E-state index in [1.807, 2.05) is 0 Å². The second-order valence-corrected chi connectivity index (χ2v) is 10.9. The Morgan fingerprint density at radius 2 is 1.11 bits per heavy atom. The second kappa shape index (κ2) is 6.55. The third-order valence-electron chi connectivity index (χ3n) is 10.2. The molecule has 2 N–H and O–H groups in total. The van der Waals surface area contributed by atoms with Crippen LogP contribution in [0.25, 0.3) is 0 Å². The van der Waals surface area contributed by atoms with Crippen LogP contribution in [-0.4, -0.2) is 31.0 Å². The molecule has 150 valence electrons. The third-order valence-corrected chi connectivity index (χ3v) is 10.2. The lowest BCUT2D eigenvalue weighted by molar-refractivity contribution is -0.152. The summed E-state index contributed by atoms with van der Waals surface area (Å²) in [5, 5.41) is 8.05. The van der Waals surface area contributed by atoms with Gasteiger partial charge in [0.25, 0.3) is 0 Å². The Labute approximate surface area is 164 Å². The van der Waals surface area contributed by atoms with E-state index in [4.69, 9.17) is 0 Å². The zero-order chi connectivity index (χ0) is 18.0. The van der Waals surface area contributed by atoms with Gasteiger partial charge in [0.05, 0.1) is 0 Å². The molecule has 8 atom stereocenters. The highest BCUT2D eigenvalue weighted by Crippen LogP contribution is 2.69. The van der Waals surface area contributed by atoms with Crippen LogP contribution in [-0.2, 0) is 4.79 Å². The minimum absolute atomic E-state index is 0.322. The zero-order valence-electron chi connectivity index (χ0n) is 16.9. The first-order valence-corrected chi connectivity index (χ1v) is 12.3. The van der Waals surface area contributed by atoms with Gasteiger partial charge in [-0.3, -0.25) is 4.79 Å². The van der Waals surface area contributed by atoms with Crippen molar-refractivity contribution in [1.29, 1.82) is 0 Å². The van der Waals surface area contributed by atoms with E-state index in [0.717, 1.165) is 49.6 Å². The van der Waals surface area contributed by atoms with E-state index in [1.54, 1.807) is 0 Å². The van der Waals surface area contributed by atoms with Gasteiger partial charge in [-0.25, -0.2) is 0 Å². The summed E-state index contributed by atoms with van der Waals surface area (Å²) in [5.74, 6) is 4.97. The number of nitrogens with one attached hydrogen (secondary N) is 2. The first kappa shape index (κ1) is 17.4. The lowest BCUT2D eigenvalue weighted by Gasteiger charge is -2.62. The van der Waals surface area contributed by atoms with E-state index in [1.165, 1.54) is 64.2 Å². The predicted octanol–water partition coefficient (Wildman–Crippen LogP) is 3.92. The fourth-order valence-corrected chi connectivity index (χ4v) is 9.69. The number of Topliss-reactive ketones (excluding diaryl/α,β-unsaturated/α-hetero) is 1. The molecule has 27 heavy (non-hydrogen) atoms. The average Bonchev–Trinajstić information content (AvgIpc) is 3.04. The molecule has 3 nitrogen and oxygen atoms in total. The van der Waals surface area contributed by atoms with Crippen LogP contribution in [0.4, 0.5) is 0 Å². The van der Waals surface area contributed by atoms with Crippen molar-refractivity contribution in [3.8, 4) is 0 Å². The molecule has 3 heteroatoms. The van der Waals surface area contributed by atoms with Gasteiger partial charge in [0.15, 0.2) is 0 Å². The summed E-state index contributed by atoms with van der Waals surface area (Å²) in [6.07, 6.45) is 16.4. The number of carbonyl (C=O) groups is 1. The van der Waals surface area contributed by atoms with Crippen LogP contribution in [0.15, 0.2) is 0 Å². The van der Waals surface area contributed by atoms with Crippen molar-refractivity contribution < 1.29 is 4.79 Å². The SMILES string of the molecule is O=C1C2CCCNC2C2(C3CCCCC3C3CCCCC32)C2NCCCC12. The highest BCUT2D eigenvalue weighted by Gasteiger charge is 2.71. The quantitative estimate of drug-likeness (QED) is 0.679. The van der Waals surface area contributed by atoms with Crippen molar-refractivity contribution in [2.75, 3.05) is 13.1 Å². The molecule has 2 aliphatic heterocycles. The topological polar surface area (TPSA) is 41.1 Å². The summed E-state index contributed by atoms with van der Waals surface area (Å²) in [6, 6.07) is 0.952. The lowest BCUT2D eigenvalue weighted by Crippen LogP contribution is -2.74. The highest BCUT2D eigenvalue weighted by molar-refractivity contribution is 5.86. The molecule has 0 radical (unpaired) electrons. The predicted molar refractivity (Wildman–Crippen MR) is 107 cm³/mol. The van der Waals surface area contributed by atoms with Crippen molar-refractivity contribution in [3.05, 3.63) is 0 Å². The van der Waals surface area contributed by atoms with Gasteiger partial charge in [-0.15, -0.1) is 0 Å². The molecule has 2 heterocycles. The Bertz CT molecular complexity index is 553. The summed E-state index contributed by atoms with van der Waals surface area (Å²) >= 11 is 0. The number of hydrogen-bond donors (Lipinski definition) is 2. The fraction of sp³-hybridized carbons (Fsp3) is 0.958. The van der Waals surface area contributed by atoms with Crippen molar-refractivity contribution >= 4 is 5.78 Å². The molecule has 1 spiro atoms. The molecule has 0 aromatic heterocycles. The van der Waals surface area contributed by atoms with E-state index in [-0.39, 0.29) is 0 Å². The van der Waals surface area contributed by atoms with Crippen LogP contribution in [0.1, 0.15) is 77.0 Å². The molecule has 4 aliphatic carbocycles. The van der Waals surface area contributed by atoms with E-state index in [2.05, 4.69) is 10.6 Å². The minimum Gasteiger partial charge on any atom is -0.313 e. The number of piperidine rings is 2. The molecule has 8 unspecified atom stereocenters. The summed E-state index contributed by atoms with van der Waals surface area (Å²) in [6.45, 7) is 2.28. The standard InChI is InChI=1S/C24H38N2O/c27-21-17-9-5-13-25-22(17)24(23-18(21)10-6-14-26-23)19-11-3-1-7-15(19)16-8-2-4-12-20(16)24/h15-20,22-23,25-26H,1-14H2. The maximum atomic E-state index is 13.6. The summed E-state index contributed by atoms with van der Waals surface area (Å²) in [4.78, 5) is 13.6. The normalized spacial score (nSPS) is 54.7. The number of carbonyl (C=O) groups excluding carboxylic acids is 1. The van der Waals surface area contributed by atoms with Gasteiger partial charge in [0, 0.05) is 29.3 Å². The maximum Gasteiger partial charge on any atom is 0.142 e. The van der Waals surface area contributed by atoms with Crippen molar-refractivity contribution in [2.45, 2.75) is 89.1 Å². The van der Waals surface area contributed by atoms with Crippen LogP contribution in [0.2, 0.25) is 0 Å². The number of hydrogen-bond acceptors (Lipinski definition) is 3. The Morgan fingerprint density at radius 1 is 0.630 bits per heavy atom. The van der Waals surface area contributed by atoms with Gasteiger partial charge < -0.3 is 10.6 Å². The lowest BCUT2D eigenvalue weighted by atomic mass is 9.47. The largest absolute Gasteiger partial charge is 0.313 e. The Balaban J connectivity index is 1.52. The maximum absolute atomic E-state index is 13.6. The van der Waals surface area contributed by atoms with Crippen molar-refractivity contribution in [1.82, 2.24) is 10.6 Å². The number of fused-ring (bicyclic) bond motifs is 9. The van der Waals surface area contributed by atoms with Crippen LogP contribution >= 0.6 is 0 Å². The van der Waals surface area contributed by atoms with Crippen molar-refractivity contribution in [3.63, 3.8) is 0 Å². The fourth-order valence-electron chi connectivity index (χ4n) is 9.69. The van der Waals surface area contributed by atoms with Crippen LogP contribution in [0.3, 0.4) is 0 Å². The molecular weight excluding hydrogens is 332 g/mol. The Hall–Kier alpha value is -0.410. The van der Waals surface area contributed by atoms with E-state index < -0.39 is 0 Å². The molecule has 0 aromatic carbocycles. The molecule has 6 rings (SSSR count). The summed E-state index contributed by atoms with van der Waals surface area (Å²) in [7, 11) is 0. The zero-order valence-corrected chi connectivity index (χ0v) is 16.9. The Morgan fingerprint density at radius 3 is 1.63 bits per heavy atom. The van der Waals surface area contributed by atoms with Crippen LogP contribution < -0.4 is 10.6 Å². The molecule has 6 fully saturated rings. The molecule has 0 bridgehead atoms. The average molecular weight is 371 g/mol. The second-order valence-electron chi connectivity index (χ2n) is 10.9. The molecule has 2 saturated heterocycles. The van der Waals surface area contributed by atoms with Gasteiger partial charge in [-0.05, 0) is 88.1 Å². The molecule has 0 amide bonds. The summed E-state index contributed by atoms with van der Waals surface area (Å²) < 4.78 is 0. The van der Waals surface area contributed by atoms with E-state index in [9.17, 15) is 4.79 Å². The molecule has 6 aliphatic rings. The van der Waals surface area contributed by atoms with Gasteiger partial charge in [-0.1, -0.05) is 25.7 Å². The van der Waals surface area contributed by atoms with Gasteiger partial charge in [0.2, 0.25) is 0 Å². The van der Waals surface area contributed by atoms with Gasteiger partial charge >= 0.3 is 0 Å². The van der Waals surface area contributed by atoms with Crippen LogP contribution in [0.5, 0.6) is 0 Å². The number of ketones is 1. The molecule has 0 aromatic rings. The third kappa shape index (κ3) is 2.25. The first-order valence-electron chi connectivity index (χ1n) is 12.3. The van der Waals surface area contributed by atoms with Crippen LogP contribution in [0, 0.1) is 40.9 Å². The van der Waals surface area contributed by atoms with Crippen molar-refractivity contribution in [2.24, 2.45) is 40.9 Å².